The Morgan fingerprint density at radius 1 is 1.17 bits per heavy atom. The molecule has 1 fully saturated rings. The second kappa shape index (κ2) is 8.05. The van der Waals surface area contributed by atoms with Crippen molar-refractivity contribution < 1.29 is 34.8 Å². The second-order valence-corrected chi connectivity index (χ2v) is 5.52. The summed E-state index contributed by atoms with van der Waals surface area (Å²) in [6.07, 6.45) is -2.67. The lowest BCUT2D eigenvalue weighted by Crippen LogP contribution is -2.57. The third-order valence-electron chi connectivity index (χ3n) is 3.74. The summed E-state index contributed by atoms with van der Waals surface area (Å²) in [5.74, 6) is -2.34. The minimum atomic E-state index is -2.24. The van der Waals surface area contributed by atoms with Gasteiger partial charge < -0.3 is 25.2 Å². The first kappa shape index (κ1) is 19.8. The van der Waals surface area contributed by atoms with E-state index in [1.807, 2.05) is 6.07 Å². The molecule has 1 saturated carbocycles. The van der Waals surface area contributed by atoms with Crippen LogP contribution in [-0.2, 0) is 14.3 Å². The highest BCUT2D eigenvalue weighted by molar-refractivity contribution is 5.87. The zero-order valence-corrected chi connectivity index (χ0v) is 12.2. The van der Waals surface area contributed by atoms with Crippen LogP contribution in [0.15, 0.2) is 36.4 Å². The van der Waals surface area contributed by atoms with Gasteiger partial charge in [0.1, 0.15) is 12.2 Å². The van der Waals surface area contributed by atoms with Crippen molar-refractivity contribution in [2.75, 3.05) is 0 Å². The average molecular weight is 338 g/mol. The summed E-state index contributed by atoms with van der Waals surface area (Å²) in [6.45, 7) is 0. The monoisotopic (exact) mass is 338 g/mol. The maximum atomic E-state index is 11.8. The first-order valence-corrected chi connectivity index (χ1v) is 7.07. The molecule has 0 heterocycles. The summed E-state index contributed by atoms with van der Waals surface area (Å²) in [5.41, 5.74) is -1.48. The number of hydrogen-bond donors (Lipinski definition) is 4. The smallest absolute Gasteiger partial charge is 0.335 e. The number of esters is 1. The number of carbonyl (C=O) groups is 2. The highest BCUT2D eigenvalue weighted by atomic mass is 16.6. The van der Waals surface area contributed by atoms with E-state index in [1.165, 1.54) is 6.08 Å². The zero-order valence-electron chi connectivity index (χ0n) is 12.2. The van der Waals surface area contributed by atoms with E-state index in [4.69, 9.17) is 9.84 Å². The van der Waals surface area contributed by atoms with Gasteiger partial charge in [-0.3, -0.25) is 0 Å². The number of carboxylic acid groups (broad SMARTS) is 1. The van der Waals surface area contributed by atoms with Gasteiger partial charge in [-0.2, -0.15) is 0 Å². The van der Waals surface area contributed by atoms with Crippen LogP contribution in [-0.4, -0.2) is 56.3 Å². The predicted molar refractivity (Wildman–Crippen MR) is 85.9 cm³/mol. The molecule has 0 spiro atoms. The number of carboxylic acids is 1. The molecule has 0 aromatic heterocycles. The summed E-state index contributed by atoms with van der Waals surface area (Å²) in [7, 11) is 0. The van der Waals surface area contributed by atoms with E-state index in [-0.39, 0.29) is 7.43 Å². The summed E-state index contributed by atoms with van der Waals surface area (Å²) < 4.78 is 4.98. The molecule has 1 aliphatic carbocycles. The molecule has 7 nitrogen and oxygen atoms in total. The molecule has 1 aromatic rings. The predicted octanol–water partition coefficient (Wildman–Crippen LogP) is 0.579. The largest absolute Gasteiger partial charge is 0.479 e. The first-order chi connectivity index (χ1) is 10.8. The molecule has 132 valence electrons. The highest BCUT2D eigenvalue weighted by Gasteiger charge is 2.50. The van der Waals surface area contributed by atoms with Crippen molar-refractivity contribution in [1.82, 2.24) is 0 Å². The minimum Gasteiger partial charge on any atom is -0.479 e. The standard InChI is InChI=1S/C16H18O7.CH4/c17-11-8-16(22,15(20)21)9-12(14(11)19)23-13(18)7-6-10-4-2-1-3-5-10;/h1-7,11-12,14,17,19,22H,8-9H2,(H,20,21);1H4/b7-6+;/t11-,12-,14+,16-;/m0./s1. The average Bonchev–Trinajstić information content (AvgIpc) is 2.51. The number of ether oxygens (including phenoxy) is 1. The Morgan fingerprint density at radius 2 is 1.79 bits per heavy atom. The van der Waals surface area contributed by atoms with Crippen LogP contribution in [0.25, 0.3) is 6.08 Å². The molecule has 0 unspecified atom stereocenters. The molecule has 2 rings (SSSR count). The number of aliphatic hydroxyl groups is 3. The van der Waals surface area contributed by atoms with Gasteiger partial charge in [-0.05, 0) is 11.6 Å². The molecule has 1 aliphatic rings. The Bertz CT molecular complexity index is 598. The molecule has 0 saturated heterocycles. The maximum Gasteiger partial charge on any atom is 0.335 e. The molecule has 0 radical (unpaired) electrons. The fourth-order valence-electron chi connectivity index (χ4n) is 2.45. The van der Waals surface area contributed by atoms with Crippen LogP contribution >= 0.6 is 0 Å². The Hall–Kier alpha value is -2.22. The lowest BCUT2D eigenvalue weighted by atomic mass is 9.79. The summed E-state index contributed by atoms with van der Waals surface area (Å²) >= 11 is 0. The second-order valence-electron chi connectivity index (χ2n) is 5.52. The van der Waals surface area contributed by atoms with E-state index in [0.29, 0.717) is 0 Å². The molecule has 0 aliphatic heterocycles. The summed E-state index contributed by atoms with van der Waals surface area (Å²) in [6, 6.07) is 8.94. The Balaban J connectivity index is 0.00000288. The zero-order chi connectivity index (χ0) is 17.0. The van der Waals surface area contributed by atoms with E-state index in [1.54, 1.807) is 24.3 Å². The van der Waals surface area contributed by atoms with Crippen molar-refractivity contribution >= 4 is 18.0 Å². The number of hydrogen-bond acceptors (Lipinski definition) is 6. The molecule has 24 heavy (non-hydrogen) atoms. The molecule has 1 aromatic carbocycles. The quantitative estimate of drug-likeness (QED) is 0.467. The molecule has 4 N–H and O–H groups in total. The van der Waals surface area contributed by atoms with Gasteiger partial charge in [0.15, 0.2) is 5.60 Å². The van der Waals surface area contributed by atoms with Crippen molar-refractivity contribution in [3.05, 3.63) is 42.0 Å². The van der Waals surface area contributed by atoms with Crippen LogP contribution in [0.3, 0.4) is 0 Å². The Kier molecular flexibility index (Phi) is 6.65. The van der Waals surface area contributed by atoms with E-state index in [2.05, 4.69) is 0 Å². The van der Waals surface area contributed by atoms with Crippen LogP contribution in [0, 0.1) is 0 Å². The number of benzene rings is 1. The van der Waals surface area contributed by atoms with Gasteiger partial charge in [0, 0.05) is 18.9 Å². The van der Waals surface area contributed by atoms with Crippen molar-refractivity contribution in [3.8, 4) is 0 Å². The fourth-order valence-corrected chi connectivity index (χ4v) is 2.45. The number of aliphatic carboxylic acids is 1. The van der Waals surface area contributed by atoms with Crippen molar-refractivity contribution in [1.29, 1.82) is 0 Å². The van der Waals surface area contributed by atoms with Crippen LogP contribution in [0.4, 0.5) is 0 Å². The van der Waals surface area contributed by atoms with Crippen molar-refractivity contribution in [2.24, 2.45) is 0 Å². The number of aliphatic hydroxyl groups excluding tert-OH is 2. The molecule has 0 bridgehead atoms. The number of carbonyl (C=O) groups excluding carboxylic acids is 1. The van der Waals surface area contributed by atoms with Crippen LogP contribution < -0.4 is 0 Å². The first-order valence-electron chi connectivity index (χ1n) is 7.07. The number of rotatable bonds is 4. The topological polar surface area (TPSA) is 124 Å². The van der Waals surface area contributed by atoms with E-state index < -0.39 is 48.7 Å². The lowest BCUT2D eigenvalue weighted by molar-refractivity contribution is -0.196. The van der Waals surface area contributed by atoms with Crippen LogP contribution in [0.2, 0.25) is 0 Å². The molecule has 7 heteroatoms. The van der Waals surface area contributed by atoms with Gasteiger partial charge in [0.05, 0.1) is 6.10 Å². The van der Waals surface area contributed by atoms with Gasteiger partial charge in [0.2, 0.25) is 0 Å². The van der Waals surface area contributed by atoms with Gasteiger partial charge in [-0.1, -0.05) is 37.8 Å². The van der Waals surface area contributed by atoms with Gasteiger partial charge in [-0.15, -0.1) is 0 Å². The van der Waals surface area contributed by atoms with E-state index >= 15 is 0 Å². The summed E-state index contributed by atoms with van der Waals surface area (Å²) in [4.78, 5) is 22.9. The maximum absolute atomic E-state index is 11.8. The van der Waals surface area contributed by atoms with Gasteiger partial charge >= 0.3 is 11.9 Å². The van der Waals surface area contributed by atoms with Crippen LogP contribution in [0.5, 0.6) is 0 Å². The molecular formula is C17H22O7. The minimum absolute atomic E-state index is 0. The normalized spacial score (nSPS) is 29.7. The Morgan fingerprint density at radius 3 is 2.38 bits per heavy atom. The SMILES string of the molecule is C.O=C(/C=C/c1ccccc1)O[C@H]1C[C@](O)(C(=O)O)C[C@H](O)[C@H]1O. The third-order valence-corrected chi connectivity index (χ3v) is 3.74. The lowest BCUT2D eigenvalue weighted by Gasteiger charge is -2.39. The van der Waals surface area contributed by atoms with E-state index in [9.17, 15) is 24.9 Å². The summed E-state index contributed by atoms with van der Waals surface area (Å²) in [5, 5.41) is 38.5. The fraction of sp³-hybridized carbons (Fsp3) is 0.412. The molecular weight excluding hydrogens is 316 g/mol. The van der Waals surface area contributed by atoms with E-state index in [0.717, 1.165) is 11.6 Å². The molecule has 0 amide bonds. The molecule has 4 atom stereocenters. The highest BCUT2D eigenvalue weighted by Crippen LogP contribution is 2.31. The van der Waals surface area contributed by atoms with Crippen molar-refractivity contribution in [3.63, 3.8) is 0 Å². The van der Waals surface area contributed by atoms with Gasteiger partial charge in [0.25, 0.3) is 0 Å². The van der Waals surface area contributed by atoms with Gasteiger partial charge in [-0.25, -0.2) is 9.59 Å². The van der Waals surface area contributed by atoms with Crippen LogP contribution in [0.1, 0.15) is 25.8 Å². The van der Waals surface area contributed by atoms with Crippen molar-refractivity contribution in [2.45, 2.75) is 44.2 Å². The third kappa shape index (κ3) is 4.64. The Labute approximate surface area is 139 Å².